The van der Waals surface area contributed by atoms with E-state index in [9.17, 15) is 4.79 Å². The molecule has 2 aromatic carbocycles. The largest absolute Gasteiger partial charge is 0.376 e. The predicted octanol–water partition coefficient (Wildman–Crippen LogP) is 4.01. The minimum absolute atomic E-state index is 0.122. The second-order valence-corrected chi connectivity index (χ2v) is 5.11. The Labute approximate surface area is 124 Å². The molecule has 2 rings (SSSR count). The monoisotopic (exact) mass is 288 g/mol. The van der Waals surface area contributed by atoms with Gasteiger partial charge in [-0.3, -0.25) is 4.79 Å². The Bertz CT molecular complexity index is 588. The third kappa shape index (κ3) is 3.75. The number of hydrogen-bond donors (Lipinski definition) is 2. The molecule has 104 valence electrons. The minimum atomic E-state index is -0.122. The molecule has 0 radical (unpaired) electrons. The van der Waals surface area contributed by atoms with Crippen molar-refractivity contribution in [3.05, 3.63) is 58.6 Å². The van der Waals surface area contributed by atoms with E-state index in [0.717, 1.165) is 16.8 Å². The number of nitrogens with one attached hydrogen (secondary N) is 2. The first-order chi connectivity index (χ1) is 9.56. The highest BCUT2D eigenvalue weighted by Gasteiger charge is 2.09. The van der Waals surface area contributed by atoms with Crippen LogP contribution in [0.2, 0.25) is 5.02 Å². The van der Waals surface area contributed by atoms with E-state index in [1.807, 2.05) is 56.3 Å². The number of amides is 1. The number of rotatable bonds is 4. The maximum Gasteiger partial charge on any atom is 0.243 e. The molecular formula is C16H17ClN2O. The fraction of sp³-hybridized carbons (Fsp3) is 0.188. The van der Waals surface area contributed by atoms with Gasteiger partial charge in [-0.05, 0) is 43.2 Å². The lowest BCUT2D eigenvalue weighted by Gasteiger charge is -2.12. The van der Waals surface area contributed by atoms with Crippen molar-refractivity contribution in [1.29, 1.82) is 0 Å². The first-order valence-electron chi connectivity index (χ1n) is 6.42. The standard InChI is InChI=1S/C16H17ClN2O/c1-11-8-12(2)16(14(17)9-11)19-15(20)10-18-13-6-4-3-5-7-13/h3-9,18H,10H2,1-2H3,(H,19,20). The zero-order chi connectivity index (χ0) is 14.5. The van der Waals surface area contributed by atoms with Gasteiger partial charge in [-0.1, -0.05) is 35.9 Å². The van der Waals surface area contributed by atoms with Gasteiger partial charge in [0, 0.05) is 5.69 Å². The van der Waals surface area contributed by atoms with Crippen LogP contribution in [0.5, 0.6) is 0 Å². The molecule has 1 amide bonds. The summed E-state index contributed by atoms with van der Waals surface area (Å²) in [5.74, 6) is -0.122. The van der Waals surface area contributed by atoms with Gasteiger partial charge in [0.15, 0.2) is 0 Å². The molecule has 0 aliphatic carbocycles. The van der Waals surface area contributed by atoms with E-state index in [1.54, 1.807) is 0 Å². The molecular weight excluding hydrogens is 272 g/mol. The SMILES string of the molecule is Cc1cc(C)c(NC(=O)CNc2ccccc2)c(Cl)c1. The van der Waals surface area contributed by atoms with Gasteiger partial charge in [0.05, 0.1) is 17.3 Å². The number of carbonyl (C=O) groups is 1. The molecule has 0 aromatic heterocycles. The summed E-state index contributed by atoms with van der Waals surface area (Å²) in [6.07, 6.45) is 0. The van der Waals surface area contributed by atoms with Gasteiger partial charge in [0.1, 0.15) is 0 Å². The Kier molecular flexibility index (Phi) is 4.64. The van der Waals surface area contributed by atoms with E-state index in [4.69, 9.17) is 11.6 Å². The molecule has 0 aliphatic heterocycles. The van der Waals surface area contributed by atoms with Crippen LogP contribution in [0, 0.1) is 13.8 Å². The number of hydrogen-bond acceptors (Lipinski definition) is 2. The summed E-state index contributed by atoms with van der Waals surface area (Å²) in [6.45, 7) is 4.11. The summed E-state index contributed by atoms with van der Waals surface area (Å²) in [7, 11) is 0. The molecule has 0 atom stereocenters. The quantitative estimate of drug-likeness (QED) is 0.892. The lowest BCUT2D eigenvalue weighted by Crippen LogP contribution is -2.22. The molecule has 0 spiro atoms. The third-order valence-electron chi connectivity index (χ3n) is 2.92. The maximum absolute atomic E-state index is 11.9. The van der Waals surface area contributed by atoms with Gasteiger partial charge in [-0.25, -0.2) is 0 Å². The number of halogens is 1. The highest BCUT2D eigenvalue weighted by atomic mass is 35.5. The summed E-state index contributed by atoms with van der Waals surface area (Å²) in [5.41, 5.74) is 3.63. The van der Waals surface area contributed by atoms with E-state index in [-0.39, 0.29) is 12.5 Å². The van der Waals surface area contributed by atoms with Crippen molar-refractivity contribution >= 4 is 28.9 Å². The predicted molar refractivity (Wildman–Crippen MR) is 84.5 cm³/mol. The summed E-state index contributed by atoms with van der Waals surface area (Å²) in [6, 6.07) is 13.4. The molecule has 0 heterocycles. The molecule has 20 heavy (non-hydrogen) atoms. The molecule has 0 saturated heterocycles. The van der Waals surface area contributed by atoms with Crippen LogP contribution in [-0.4, -0.2) is 12.5 Å². The second kappa shape index (κ2) is 6.44. The molecule has 4 heteroatoms. The summed E-state index contributed by atoms with van der Waals surface area (Å²) >= 11 is 6.16. The molecule has 0 saturated carbocycles. The molecule has 2 aromatic rings. The average Bonchev–Trinajstić information content (AvgIpc) is 2.42. The van der Waals surface area contributed by atoms with Crippen LogP contribution in [0.25, 0.3) is 0 Å². The second-order valence-electron chi connectivity index (χ2n) is 4.71. The molecule has 0 bridgehead atoms. The van der Waals surface area contributed by atoms with E-state index >= 15 is 0 Å². The summed E-state index contributed by atoms with van der Waals surface area (Å²) < 4.78 is 0. The zero-order valence-corrected chi connectivity index (χ0v) is 12.3. The highest BCUT2D eigenvalue weighted by Crippen LogP contribution is 2.27. The van der Waals surface area contributed by atoms with Crippen molar-refractivity contribution in [3.63, 3.8) is 0 Å². The topological polar surface area (TPSA) is 41.1 Å². The average molecular weight is 289 g/mol. The van der Waals surface area contributed by atoms with Crippen LogP contribution in [0.1, 0.15) is 11.1 Å². The summed E-state index contributed by atoms with van der Waals surface area (Å²) in [4.78, 5) is 11.9. The molecule has 0 fully saturated rings. The number of benzene rings is 2. The van der Waals surface area contributed by atoms with Crippen LogP contribution in [-0.2, 0) is 4.79 Å². The van der Waals surface area contributed by atoms with Gasteiger partial charge >= 0.3 is 0 Å². The Morgan fingerprint density at radius 3 is 2.50 bits per heavy atom. The Balaban J connectivity index is 1.98. The zero-order valence-electron chi connectivity index (χ0n) is 11.5. The lowest BCUT2D eigenvalue weighted by molar-refractivity contribution is -0.114. The number of aryl methyl sites for hydroxylation is 2. The smallest absolute Gasteiger partial charge is 0.243 e. The lowest BCUT2D eigenvalue weighted by atomic mass is 10.1. The van der Waals surface area contributed by atoms with Crippen LogP contribution >= 0.6 is 11.6 Å². The van der Waals surface area contributed by atoms with Crippen molar-refractivity contribution in [1.82, 2.24) is 0 Å². The molecule has 2 N–H and O–H groups in total. The Morgan fingerprint density at radius 1 is 1.15 bits per heavy atom. The first kappa shape index (κ1) is 14.4. The number of carbonyl (C=O) groups excluding carboxylic acids is 1. The van der Waals surface area contributed by atoms with Crippen LogP contribution in [0.4, 0.5) is 11.4 Å². The van der Waals surface area contributed by atoms with Crippen LogP contribution in [0.15, 0.2) is 42.5 Å². The van der Waals surface area contributed by atoms with Crippen molar-refractivity contribution in [2.24, 2.45) is 0 Å². The molecule has 0 aliphatic rings. The first-order valence-corrected chi connectivity index (χ1v) is 6.79. The minimum Gasteiger partial charge on any atom is -0.376 e. The third-order valence-corrected chi connectivity index (χ3v) is 3.22. The highest BCUT2D eigenvalue weighted by molar-refractivity contribution is 6.34. The number of anilines is 2. The fourth-order valence-corrected chi connectivity index (χ4v) is 2.36. The van der Waals surface area contributed by atoms with Crippen molar-refractivity contribution in [3.8, 4) is 0 Å². The van der Waals surface area contributed by atoms with Crippen molar-refractivity contribution < 1.29 is 4.79 Å². The van der Waals surface area contributed by atoms with Gasteiger partial charge in [0.2, 0.25) is 5.91 Å². The van der Waals surface area contributed by atoms with Gasteiger partial charge in [-0.15, -0.1) is 0 Å². The van der Waals surface area contributed by atoms with E-state index < -0.39 is 0 Å². The van der Waals surface area contributed by atoms with E-state index in [0.29, 0.717) is 10.7 Å². The normalized spacial score (nSPS) is 10.2. The van der Waals surface area contributed by atoms with Crippen molar-refractivity contribution in [2.75, 3.05) is 17.2 Å². The van der Waals surface area contributed by atoms with Gasteiger partial charge in [0.25, 0.3) is 0 Å². The number of para-hydroxylation sites is 1. The van der Waals surface area contributed by atoms with E-state index in [1.165, 1.54) is 0 Å². The molecule has 0 unspecified atom stereocenters. The van der Waals surface area contributed by atoms with Crippen molar-refractivity contribution in [2.45, 2.75) is 13.8 Å². The Hall–Kier alpha value is -2.00. The van der Waals surface area contributed by atoms with Crippen LogP contribution in [0.3, 0.4) is 0 Å². The van der Waals surface area contributed by atoms with E-state index in [2.05, 4.69) is 10.6 Å². The fourth-order valence-electron chi connectivity index (χ4n) is 2.00. The van der Waals surface area contributed by atoms with Gasteiger partial charge < -0.3 is 10.6 Å². The summed E-state index contributed by atoms with van der Waals surface area (Å²) in [5, 5.41) is 6.47. The molecule has 3 nitrogen and oxygen atoms in total. The van der Waals surface area contributed by atoms with Gasteiger partial charge in [-0.2, -0.15) is 0 Å². The van der Waals surface area contributed by atoms with Crippen LogP contribution < -0.4 is 10.6 Å². The Morgan fingerprint density at radius 2 is 1.85 bits per heavy atom. The maximum atomic E-state index is 11.9.